The zero-order valence-corrected chi connectivity index (χ0v) is 16.9. The third kappa shape index (κ3) is 4.54. The summed E-state index contributed by atoms with van der Waals surface area (Å²) < 4.78 is 0. The van der Waals surface area contributed by atoms with Gasteiger partial charge in [0.1, 0.15) is 0 Å². The molecule has 2 heterocycles. The van der Waals surface area contributed by atoms with Gasteiger partial charge in [-0.2, -0.15) is 0 Å². The molecular weight excluding hydrogens is 354 g/mol. The van der Waals surface area contributed by atoms with Crippen LogP contribution in [0.4, 0.5) is 0 Å². The molecule has 1 aromatic rings. The second kappa shape index (κ2) is 8.76. The Morgan fingerprint density at radius 3 is 2.46 bits per heavy atom. The van der Waals surface area contributed by atoms with Crippen LogP contribution in [-0.4, -0.2) is 60.2 Å². The lowest BCUT2D eigenvalue weighted by molar-refractivity contribution is -0.144. The first-order valence-corrected chi connectivity index (χ1v) is 10.3. The van der Waals surface area contributed by atoms with Crippen molar-refractivity contribution in [3.8, 4) is 0 Å². The van der Waals surface area contributed by atoms with E-state index in [9.17, 15) is 14.4 Å². The van der Waals surface area contributed by atoms with Gasteiger partial charge in [0.05, 0.1) is 5.92 Å². The summed E-state index contributed by atoms with van der Waals surface area (Å²) in [6.07, 6.45) is 3.05. The first-order valence-electron chi connectivity index (χ1n) is 10.3. The molecule has 0 radical (unpaired) electrons. The summed E-state index contributed by atoms with van der Waals surface area (Å²) in [7, 11) is 0. The Morgan fingerprint density at radius 1 is 1.18 bits per heavy atom. The summed E-state index contributed by atoms with van der Waals surface area (Å²) in [6.45, 7) is 6.87. The van der Waals surface area contributed by atoms with E-state index in [1.807, 2.05) is 34.9 Å². The quantitative estimate of drug-likeness (QED) is 0.844. The highest BCUT2D eigenvalue weighted by Gasteiger charge is 2.46. The molecule has 2 aliphatic heterocycles. The normalized spacial score (nSPS) is 21.6. The Labute approximate surface area is 167 Å². The van der Waals surface area contributed by atoms with Crippen molar-refractivity contribution in [3.63, 3.8) is 0 Å². The molecule has 0 aliphatic carbocycles. The number of nitrogens with one attached hydrogen (secondary N) is 1. The summed E-state index contributed by atoms with van der Waals surface area (Å²) in [5.41, 5.74) is 1.18. The lowest BCUT2D eigenvalue weighted by Crippen LogP contribution is -2.54. The summed E-state index contributed by atoms with van der Waals surface area (Å²) in [4.78, 5) is 40.3. The van der Waals surface area contributed by atoms with Crippen LogP contribution >= 0.6 is 0 Å². The standard InChI is InChI=1S/C22H31N3O3/c1-3-24-16-22(15-19(21(24)28)18-7-5-4-6-8-18)10-13-25(14-11-22)20(27)9-12-23-17(2)26/h4-8,19H,3,9-16H2,1-2H3,(H,23,26)/t19-/m0/s1. The first-order chi connectivity index (χ1) is 13.4. The van der Waals surface area contributed by atoms with Gasteiger partial charge in [-0.15, -0.1) is 0 Å². The van der Waals surface area contributed by atoms with Crippen LogP contribution in [0.3, 0.4) is 0 Å². The second-order valence-corrected chi connectivity index (χ2v) is 8.13. The maximum Gasteiger partial charge on any atom is 0.230 e. The fraction of sp³-hybridized carbons (Fsp3) is 0.591. The van der Waals surface area contributed by atoms with Gasteiger partial charge in [-0.3, -0.25) is 14.4 Å². The van der Waals surface area contributed by atoms with Gasteiger partial charge in [-0.1, -0.05) is 30.3 Å². The van der Waals surface area contributed by atoms with E-state index in [0.717, 1.165) is 51.0 Å². The predicted octanol–water partition coefficient (Wildman–Crippen LogP) is 2.16. The number of likely N-dealkylation sites (N-methyl/N-ethyl adjacent to an activating group) is 1. The zero-order valence-electron chi connectivity index (χ0n) is 16.9. The average Bonchev–Trinajstić information content (AvgIpc) is 2.70. The van der Waals surface area contributed by atoms with Gasteiger partial charge in [0.2, 0.25) is 17.7 Å². The van der Waals surface area contributed by atoms with E-state index in [4.69, 9.17) is 0 Å². The highest BCUT2D eigenvalue weighted by molar-refractivity contribution is 5.85. The van der Waals surface area contributed by atoms with E-state index in [2.05, 4.69) is 17.4 Å². The molecule has 1 spiro atoms. The summed E-state index contributed by atoms with van der Waals surface area (Å²) >= 11 is 0. The van der Waals surface area contributed by atoms with E-state index < -0.39 is 0 Å². The van der Waals surface area contributed by atoms with E-state index >= 15 is 0 Å². The van der Waals surface area contributed by atoms with Crippen molar-refractivity contribution in [1.82, 2.24) is 15.1 Å². The number of likely N-dealkylation sites (tertiary alicyclic amines) is 2. The van der Waals surface area contributed by atoms with Crippen LogP contribution in [0.15, 0.2) is 30.3 Å². The maximum atomic E-state index is 13.0. The van der Waals surface area contributed by atoms with Crippen LogP contribution in [-0.2, 0) is 14.4 Å². The Hall–Kier alpha value is -2.37. The van der Waals surface area contributed by atoms with E-state index in [0.29, 0.717) is 13.0 Å². The third-order valence-corrected chi connectivity index (χ3v) is 6.25. The molecule has 2 fully saturated rings. The zero-order chi connectivity index (χ0) is 20.1. The maximum absolute atomic E-state index is 13.0. The van der Waals surface area contributed by atoms with E-state index in [-0.39, 0.29) is 29.1 Å². The number of benzene rings is 1. The van der Waals surface area contributed by atoms with E-state index in [1.165, 1.54) is 6.92 Å². The minimum atomic E-state index is -0.108. The molecule has 2 saturated heterocycles. The first kappa shape index (κ1) is 20.4. The van der Waals surface area contributed by atoms with Gasteiger partial charge in [0.25, 0.3) is 0 Å². The molecule has 6 heteroatoms. The van der Waals surface area contributed by atoms with Gasteiger partial charge >= 0.3 is 0 Å². The molecule has 3 amide bonds. The topological polar surface area (TPSA) is 69.7 Å². The number of carbonyl (C=O) groups excluding carboxylic acids is 3. The highest BCUT2D eigenvalue weighted by Crippen LogP contribution is 2.45. The molecule has 0 unspecified atom stereocenters. The fourth-order valence-electron chi connectivity index (χ4n) is 4.60. The number of carbonyl (C=O) groups is 3. The highest BCUT2D eigenvalue weighted by atomic mass is 16.2. The van der Waals surface area contributed by atoms with Crippen molar-refractivity contribution < 1.29 is 14.4 Å². The Balaban J connectivity index is 1.65. The molecule has 1 atom stereocenters. The van der Waals surface area contributed by atoms with Gasteiger partial charge in [-0.05, 0) is 37.2 Å². The third-order valence-electron chi connectivity index (χ3n) is 6.25. The summed E-state index contributed by atoms with van der Waals surface area (Å²) in [5.74, 6) is 0.136. The molecule has 2 aliphatic rings. The number of piperidine rings is 2. The Morgan fingerprint density at radius 2 is 1.86 bits per heavy atom. The van der Waals surface area contributed by atoms with Gasteiger partial charge in [0.15, 0.2) is 0 Å². The van der Waals surface area contributed by atoms with Crippen LogP contribution in [0.2, 0.25) is 0 Å². The molecular formula is C22H31N3O3. The van der Waals surface area contributed by atoms with E-state index in [1.54, 1.807) is 0 Å². The lowest BCUT2D eigenvalue weighted by atomic mass is 9.67. The van der Waals surface area contributed by atoms with Crippen molar-refractivity contribution in [2.75, 3.05) is 32.7 Å². The van der Waals surface area contributed by atoms with Crippen LogP contribution in [0.5, 0.6) is 0 Å². The largest absolute Gasteiger partial charge is 0.356 e. The number of hydrogen-bond donors (Lipinski definition) is 1. The van der Waals surface area contributed by atoms with Gasteiger partial charge < -0.3 is 15.1 Å². The summed E-state index contributed by atoms with van der Waals surface area (Å²) in [5, 5.41) is 2.68. The number of hydrogen-bond acceptors (Lipinski definition) is 3. The smallest absolute Gasteiger partial charge is 0.230 e. The molecule has 0 bridgehead atoms. The molecule has 0 aromatic heterocycles. The molecule has 6 nitrogen and oxygen atoms in total. The number of nitrogens with zero attached hydrogens (tertiary/aromatic N) is 2. The SMILES string of the molecule is CCN1CC2(CCN(C(=O)CCNC(C)=O)CC2)C[C@@H](c2ccccc2)C1=O. The minimum Gasteiger partial charge on any atom is -0.356 e. The van der Waals surface area contributed by atoms with Crippen molar-refractivity contribution in [3.05, 3.63) is 35.9 Å². The lowest BCUT2D eigenvalue weighted by Gasteiger charge is -2.49. The van der Waals surface area contributed by atoms with Gasteiger partial charge in [0, 0.05) is 46.1 Å². The van der Waals surface area contributed by atoms with Crippen molar-refractivity contribution in [2.24, 2.45) is 5.41 Å². The molecule has 3 rings (SSSR count). The monoisotopic (exact) mass is 385 g/mol. The van der Waals surface area contributed by atoms with Crippen LogP contribution in [0.1, 0.15) is 51.0 Å². The van der Waals surface area contributed by atoms with Crippen LogP contribution in [0, 0.1) is 5.41 Å². The van der Waals surface area contributed by atoms with Crippen LogP contribution < -0.4 is 5.32 Å². The van der Waals surface area contributed by atoms with Crippen molar-refractivity contribution in [1.29, 1.82) is 0 Å². The molecule has 28 heavy (non-hydrogen) atoms. The Kier molecular flexibility index (Phi) is 6.37. The number of rotatable bonds is 5. The molecule has 0 saturated carbocycles. The van der Waals surface area contributed by atoms with Crippen molar-refractivity contribution >= 4 is 17.7 Å². The fourth-order valence-corrected chi connectivity index (χ4v) is 4.60. The molecule has 1 aromatic carbocycles. The second-order valence-electron chi connectivity index (χ2n) is 8.13. The Bertz CT molecular complexity index is 711. The summed E-state index contributed by atoms with van der Waals surface area (Å²) in [6, 6.07) is 10.1. The van der Waals surface area contributed by atoms with Crippen molar-refractivity contribution in [2.45, 2.75) is 45.4 Å². The molecule has 152 valence electrons. The number of amides is 3. The van der Waals surface area contributed by atoms with Gasteiger partial charge in [-0.25, -0.2) is 0 Å². The predicted molar refractivity (Wildman–Crippen MR) is 108 cm³/mol. The minimum absolute atomic E-state index is 0.0822. The average molecular weight is 386 g/mol. The molecule has 1 N–H and O–H groups in total. The van der Waals surface area contributed by atoms with Crippen LogP contribution in [0.25, 0.3) is 0 Å².